The molecule has 2 bridgehead atoms. The first-order valence-corrected chi connectivity index (χ1v) is 9.28. The fourth-order valence-electron chi connectivity index (χ4n) is 3.98. The smallest absolute Gasteiger partial charge is 0.345 e. The Bertz CT molecular complexity index is 1070. The van der Waals surface area contributed by atoms with Gasteiger partial charge in [0.05, 0.1) is 24.1 Å². The quantitative estimate of drug-likeness (QED) is 0.724. The van der Waals surface area contributed by atoms with Crippen molar-refractivity contribution in [2.24, 2.45) is 0 Å². The molecule has 0 unspecified atom stereocenters. The number of hydrogen-bond donors (Lipinski definition) is 1. The van der Waals surface area contributed by atoms with Gasteiger partial charge in [-0.15, -0.1) is 0 Å². The Hall–Kier alpha value is -3.65. The normalized spacial score (nSPS) is 20.1. The number of hydrogen-bond acceptors (Lipinski definition) is 4. The average molecular weight is 390 g/mol. The van der Waals surface area contributed by atoms with Crippen LogP contribution in [0.4, 0.5) is 4.79 Å². The lowest BCUT2D eigenvalue weighted by molar-refractivity contribution is -0.143. The van der Waals surface area contributed by atoms with Crippen LogP contribution in [-0.2, 0) is 16.2 Å². The highest BCUT2D eigenvalue weighted by Gasteiger charge is 2.53. The van der Waals surface area contributed by atoms with Crippen LogP contribution in [-0.4, -0.2) is 43.4 Å². The van der Waals surface area contributed by atoms with E-state index in [2.05, 4.69) is 5.10 Å². The van der Waals surface area contributed by atoms with Crippen molar-refractivity contribution in [3.63, 3.8) is 0 Å². The molecule has 2 amide bonds. The van der Waals surface area contributed by atoms with Gasteiger partial charge < -0.3 is 10.0 Å². The Labute approximate surface area is 166 Å². The van der Waals surface area contributed by atoms with Gasteiger partial charge >= 0.3 is 12.0 Å². The van der Waals surface area contributed by atoms with E-state index in [1.54, 1.807) is 10.9 Å². The Kier molecular flexibility index (Phi) is 4.06. The van der Waals surface area contributed by atoms with E-state index in [9.17, 15) is 14.7 Å². The summed E-state index contributed by atoms with van der Waals surface area (Å²) in [5.74, 6) is -1.10. The molecule has 1 aromatic heterocycles. The molecule has 2 atom stereocenters. The number of nitrogens with zero attached hydrogens (tertiary/aromatic N) is 4. The largest absolute Gasteiger partial charge is 0.479 e. The van der Waals surface area contributed by atoms with E-state index < -0.39 is 24.1 Å². The second kappa shape index (κ2) is 6.75. The maximum Gasteiger partial charge on any atom is 0.345 e. The van der Waals surface area contributed by atoms with Crippen LogP contribution in [0.15, 0.2) is 66.9 Å². The maximum absolute atomic E-state index is 13.0. The third kappa shape index (κ3) is 2.76. The number of aliphatic carboxylic acids is 1. The van der Waals surface area contributed by atoms with Crippen LogP contribution >= 0.6 is 0 Å². The molecular formula is C21H18N4O4. The van der Waals surface area contributed by atoms with E-state index in [0.29, 0.717) is 11.3 Å². The van der Waals surface area contributed by atoms with Crippen LogP contribution in [0.3, 0.4) is 0 Å². The van der Waals surface area contributed by atoms with Crippen molar-refractivity contribution in [3.8, 4) is 5.69 Å². The lowest BCUT2D eigenvalue weighted by Gasteiger charge is -2.28. The minimum atomic E-state index is -1.12. The lowest BCUT2D eigenvalue weighted by atomic mass is 9.98. The van der Waals surface area contributed by atoms with Crippen molar-refractivity contribution >= 4 is 12.0 Å². The van der Waals surface area contributed by atoms with E-state index in [1.807, 2.05) is 60.7 Å². The number of rotatable bonds is 5. The second-order valence-electron chi connectivity index (χ2n) is 7.01. The molecule has 3 aromatic rings. The summed E-state index contributed by atoms with van der Waals surface area (Å²) in [4.78, 5) is 32.3. The van der Waals surface area contributed by atoms with E-state index in [-0.39, 0.29) is 13.2 Å². The van der Waals surface area contributed by atoms with Crippen molar-refractivity contribution in [2.75, 3.05) is 6.54 Å². The van der Waals surface area contributed by atoms with Crippen molar-refractivity contribution in [1.29, 1.82) is 0 Å². The predicted molar refractivity (Wildman–Crippen MR) is 102 cm³/mol. The minimum absolute atomic E-state index is 0.219. The highest BCUT2D eigenvalue weighted by Crippen LogP contribution is 2.44. The van der Waals surface area contributed by atoms with Crippen LogP contribution in [0.25, 0.3) is 5.69 Å². The Balaban J connectivity index is 1.53. The lowest BCUT2D eigenvalue weighted by Crippen LogP contribution is -2.39. The molecule has 8 heteroatoms. The fraction of sp³-hybridized carbons (Fsp3) is 0.190. The fourth-order valence-corrected chi connectivity index (χ4v) is 3.98. The van der Waals surface area contributed by atoms with Crippen LogP contribution in [0, 0.1) is 0 Å². The molecule has 0 spiro atoms. The van der Waals surface area contributed by atoms with Crippen LogP contribution in [0.5, 0.6) is 0 Å². The number of urea groups is 1. The third-order valence-corrected chi connectivity index (χ3v) is 5.30. The van der Waals surface area contributed by atoms with Gasteiger partial charge in [0.1, 0.15) is 12.6 Å². The topological polar surface area (TPSA) is 87.9 Å². The molecule has 29 heavy (non-hydrogen) atoms. The number of para-hydroxylation sites is 1. The third-order valence-electron chi connectivity index (χ3n) is 5.30. The van der Waals surface area contributed by atoms with E-state index in [0.717, 1.165) is 11.3 Å². The van der Waals surface area contributed by atoms with Crippen LogP contribution in [0.2, 0.25) is 0 Å². The first-order valence-electron chi connectivity index (χ1n) is 9.28. The highest BCUT2D eigenvalue weighted by molar-refractivity contribution is 5.87. The predicted octanol–water partition coefficient (Wildman–Crippen LogP) is 2.92. The van der Waals surface area contributed by atoms with Gasteiger partial charge in [-0.3, -0.25) is 4.84 Å². The van der Waals surface area contributed by atoms with Gasteiger partial charge in [-0.1, -0.05) is 48.5 Å². The summed E-state index contributed by atoms with van der Waals surface area (Å²) in [5, 5.41) is 15.6. The highest BCUT2D eigenvalue weighted by atomic mass is 16.7. The Morgan fingerprint density at radius 3 is 2.48 bits per heavy atom. The standard InChI is InChI=1S/C21H18N4O4/c26-20(27)19-18-16(11-22-24(18)15-9-5-2-6-10-15)17-12-23(19)21(28)25(17)29-13-14-7-3-1-4-8-14/h1-11,17,19H,12-13H2,(H,26,27)/t17-,19+/m1/s1. The number of carboxylic acid groups (broad SMARTS) is 1. The molecule has 5 rings (SSSR count). The van der Waals surface area contributed by atoms with Gasteiger partial charge in [-0.25, -0.2) is 14.3 Å². The van der Waals surface area contributed by atoms with Gasteiger partial charge in [-0.2, -0.15) is 10.2 Å². The number of carbonyl (C=O) groups is 2. The molecule has 146 valence electrons. The molecule has 2 aromatic carbocycles. The number of benzene rings is 2. The first-order chi connectivity index (χ1) is 14.1. The molecule has 0 aliphatic carbocycles. The minimum Gasteiger partial charge on any atom is -0.479 e. The second-order valence-corrected chi connectivity index (χ2v) is 7.01. The number of carboxylic acids is 1. The van der Waals surface area contributed by atoms with Crippen molar-refractivity contribution in [2.45, 2.75) is 18.7 Å². The molecule has 3 heterocycles. The molecule has 2 aliphatic rings. The van der Waals surface area contributed by atoms with Crippen molar-refractivity contribution in [3.05, 3.63) is 83.7 Å². The van der Waals surface area contributed by atoms with Gasteiger partial charge in [0.2, 0.25) is 0 Å². The van der Waals surface area contributed by atoms with Crippen molar-refractivity contribution < 1.29 is 19.5 Å². The summed E-state index contributed by atoms with van der Waals surface area (Å²) < 4.78 is 1.60. The maximum atomic E-state index is 13.0. The summed E-state index contributed by atoms with van der Waals surface area (Å²) in [7, 11) is 0. The number of aromatic nitrogens is 2. The van der Waals surface area contributed by atoms with Gasteiger partial charge in [0.15, 0.2) is 6.04 Å². The summed E-state index contributed by atoms with van der Waals surface area (Å²) in [6.07, 6.45) is 1.64. The summed E-state index contributed by atoms with van der Waals surface area (Å²) in [6.45, 7) is 0.467. The van der Waals surface area contributed by atoms with Gasteiger partial charge in [0.25, 0.3) is 0 Å². The van der Waals surface area contributed by atoms with Crippen LogP contribution in [0.1, 0.15) is 28.9 Å². The van der Waals surface area contributed by atoms with E-state index >= 15 is 0 Å². The first kappa shape index (κ1) is 17.4. The molecule has 2 aliphatic heterocycles. The molecule has 0 radical (unpaired) electrons. The summed E-state index contributed by atoms with van der Waals surface area (Å²) in [5.41, 5.74) is 2.84. The number of carbonyl (C=O) groups excluding carboxylic acids is 1. The average Bonchev–Trinajstić information content (AvgIpc) is 3.29. The van der Waals surface area contributed by atoms with E-state index in [4.69, 9.17) is 4.84 Å². The molecule has 1 saturated heterocycles. The summed E-state index contributed by atoms with van der Waals surface area (Å²) in [6, 6.07) is 16.8. The Morgan fingerprint density at radius 2 is 1.79 bits per heavy atom. The monoisotopic (exact) mass is 390 g/mol. The molecule has 1 N–H and O–H groups in total. The SMILES string of the molecule is O=C(O)[C@@H]1c2c(cnn2-c2ccccc2)[C@H]2CN1C(=O)N2OCc1ccccc1. The zero-order valence-corrected chi connectivity index (χ0v) is 15.4. The molecule has 0 saturated carbocycles. The molecular weight excluding hydrogens is 372 g/mol. The molecule has 1 fully saturated rings. The van der Waals surface area contributed by atoms with E-state index in [1.165, 1.54) is 9.96 Å². The summed E-state index contributed by atoms with van der Waals surface area (Å²) >= 11 is 0. The number of hydroxylamine groups is 2. The van der Waals surface area contributed by atoms with Crippen LogP contribution < -0.4 is 0 Å². The number of fused-ring (bicyclic) bond motifs is 4. The van der Waals surface area contributed by atoms with Gasteiger partial charge in [-0.05, 0) is 17.7 Å². The van der Waals surface area contributed by atoms with Gasteiger partial charge in [0, 0.05) is 5.56 Å². The molecule has 8 nitrogen and oxygen atoms in total. The zero-order valence-electron chi connectivity index (χ0n) is 15.4. The number of amides is 2. The van der Waals surface area contributed by atoms with Crippen molar-refractivity contribution in [1.82, 2.24) is 19.7 Å². The zero-order chi connectivity index (χ0) is 20.0. The Morgan fingerprint density at radius 1 is 1.10 bits per heavy atom.